The Morgan fingerprint density at radius 2 is 0.833 bits per heavy atom. The molecule has 0 saturated carbocycles. The van der Waals surface area contributed by atoms with Crippen LogP contribution in [-0.2, 0) is 0 Å². The highest BCUT2D eigenvalue weighted by Crippen LogP contribution is 2.37. The van der Waals surface area contributed by atoms with Gasteiger partial charge < -0.3 is 9.80 Å². The predicted molar refractivity (Wildman–Crippen MR) is 284 cm³/mol. The minimum atomic E-state index is 0.704. The van der Waals surface area contributed by atoms with Gasteiger partial charge in [-0.1, -0.05) is 219 Å². The lowest BCUT2D eigenvalue weighted by Gasteiger charge is -2.24. The molecule has 66 heavy (non-hydrogen) atoms. The molecule has 318 valence electrons. The van der Waals surface area contributed by atoms with E-state index in [1.807, 2.05) is 12.1 Å². The monoisotopic (exact) mass is 848 g/mol. The van der Waals surface area contributed by atoms with Crippen LogP contribution in [0, 0.1) is 6.92 Å². The second-order valence-electron chi connectivity index (χ2n) is 16.3. The van der Waals surface area contributed by atoms with Gasteiger partial charge in [0.25, 0.3) is 0 Å². The Labute approximate surface area is 390 Å². The Kier molecular flexibility index (Phi) is 13.5. The highest BCUT2D eigenvalue weighted by atomic mass is 15.1. The van der Waals surface area contributed by atoms with E-state index in [0.717, 1.165) is 44.3 Å². The van der Waals surface area contributed by atoms with Crippen LogP contribution in [0.15, 0.2) is 261 Å². The van der Waals surface area contributed by atoms with E-state index in [0.29, 0.717) is 6.54 Å². The highest BCUT2D eigenvalue weighted by Gasteiger charge is 2.13. The standard InChI is InChI=1S/C64H52N2/c1-49-19-9-11-21-51(49)23-15-17-47-65(59-39-31-55(32-40-59)53-25-5-3-6-26-53)61-43-35-57(36-44-61)63-29-13-14-30-64(63)58-37-45-62(46-38-58)66(48-18-16-24-52-22-12-10-20-50(52)2)60-41-33-56(34-42-60)54-27-7-4-8-28-54/h3-46,48H,1,47H2,2H3/b17-15-,24-16-,48-18+,51-23-. The second-order valence-corrected chi connectivity index (χ2v) is 16.3. The van der Waals surface area contributed by atoms with Crippen molar-refractivity contribution < 1.29 is 0 Å². The molecule has 0 fully saturated rings. The van der Waals surface area contributed by atoms with E-state index in [-0.39, 0.29) is 0 Å². The molecular weight excluding hydrogens is 797 g/mol. The molecule has 0 unspecified atom stereocenters. The summed E-state index contributed by atoms with van der Waals surface area (Å²) in [5.74, 6) is 0. The third-order valence-corrected chi connectivity index (χ3v) is 12.0. The first-order valence-corrected chi connectivity index (χ1v) is 22.6. The molecule has 2 nitrogen and oxygen atoms in total. The maximum absolute atomic E-state index is 4.19. The quantitative estimate of drug-likeness (QED) is 0.101. The van der Waals surface area contributed by atoms with Crippen LogP contribution in [0.3, 0.4) is 0 Å². The van der Waals surface area contributed by atoms with Gasteiger partial charge in [-0.2, -0.15) is 0 Å². The number of hydrogen-bond acceptors (Lipinski definition) is 2. The number of benzene rings is 9. The largest absolute Gasteiger partial charge is 0.338 e. The number of allylic oxidation sites excluding steroid dienone is 3. The van der Waals surface area contributed by atoms with E-state index in [1.54, 1.807) is 0 Å². The van der Waals surface area contributed by atoms with Crippen LogP contribution in [0.2, 0.25) is 0 Å². The number of hydrogen-bond donors (Lipinski definition) is 0. The predicted octanol–water partition coefficient (Wildman–Crippen LogP) is 15.6. The lowest BCUT2D eigenvalue weighted by Crippen LogP contribution is -2.21. The van der Waals surface area contributed by atoms with Crippen molar-refractivity contribution in [2.75, 3.05) is 16.3 Å². The summed E-state index contributed by atoms with van der Waals surface area (Å²) in [4.78, 5) is 4.61. The molecule has 0 amide bonds. The molecule has 0 spiro atoms. The third-order valence-electron chi connectivity index (χ3n) is 12.0. The van der Waals surface area contributed by atoms with E-state index in [2.05, 4.69) is 284 Å². The number of nitrogens with zero attached hydrogens (tertiary/aromatic N) is 2. The zero-order valence-electron chi connectivity index (χ0n) is 37.3. The number of rotatable bonds is 14. The van der Waals surface area contributed by atoms with Crippen LogP contribution in [0.25, 0.3) is 63.2 Å². The van der Waals surface area contributed by atoms with Crippen molar-refractivity contribution in [3.05, 3.63) is 283 Å². The van der Waals surface area contributed by atoms with Crippen molar-refractivity contribution in [2.45, 2.75) is 6.92 Å². The van der Waals surface area contributed by atoms with Crippen molar-refractivity contribution in [3.63, 3.8) is 0 Å². The first-order chi connectivity index (χ1) is 32.6. The van der Waals surface area contributed by atoms with Gasteiger partial charge in [0.2, 0.25) is 0 Å². The molecule has 0 aliphatic rings. The van der Waals surface area contributed by atoms with Crippen molar-refractivity contribution in [1.29, 1.82) is 0 Å². The summed E-state index contributed by atoms with van der Waals surface area (Å²) in [5, 5.41) is 2.14. The van der Waals surface area contributed by atoms with Gasteiger partial charge in [0.1, 0.15) is 0 Å². The van der Waals surface area contributed by atoms with Gasteiger partial charge in [0, 0.05) is 35.5 Å². The van der Waals surface area contributed by atoms with Crippen molar-refractivity contribution in [2.24, 2.45) is 0 Å². The smallest absolute Gasteiger partial charge is 0.0455 e. The minimum absolute atomic E-state index is 0.704. The van der Waals surface area contributed by atoms with E-state index in [9.17, 15) is 0 Å². The van der Waals surface area contributed by atoms with Crippen LogP contribution in [0.4, 0.5) is 22.7 Å². The molecule has 0 aromatic heterocycles. The van der Waals surface area contributed by atoms with Gasteiger partial charge in [-0.05, 0) is 128 Å². The van der Waals surface area contributed by atoms with Crippen molar-refractivity contribution in [1.82, 2.24) is 0 Å². The van der Waals surface area contributed by atoms with Crippen molar-refractivity contribution >= 4 is 41.5 Å². The van der Waals surface area contributed by atoms with Crippen LogP contribution in [-0.4, -0.2) is 6.54 Å². The molecule has 0 saturated heterocycles. The Balaban J connectivity index is 0.992. The summed E-state index contributed by atoms with van der Waals surface area (Å²) in [7, 11) is 0. The number of anilines is 4. The van der Waals surface area contributed by atoms with E-state index < -0.39 is 0 Å². The summed E-state index contributed by atoms with van der Waals surface area (Å²) in [6, 6.07) is 82.0. The lowest BCUT2D eigenvalue weighted by molar-refractivity contribution is 1.10. The summed E-state index contributed by atoms with van der Waals surface area (Å²) in [6.45, 7) is 7.04. The fourth-order valence-electron chi connectivity index (χ4n) is 8.30. The highest BCUT2D eigenvalue weighted by molar-refractivity contribution is 5.85. The SMILES string of the molecule is C=c1cccc/c1=C/C=C\CN(c1ccc(-c2ccccc2)cc1)c1ccc(-c2ccccc2-c2ccc(N(/C=C/C=C\c3ccccc3C)c3ccc(-c4ccccc4)cc3)cc2)cc1. The van der Waals surface area contributed by atoms with Gasteiger partial charge in [0.15, 0.2) is 0 Å². The molecular formula is C64H52N2. The Bertz CT molecular complexity index is 3200. The van der Waals surface area contributed by atoms with E-state index in [4.69, 9.17) is 0 Å². The summed E-state index contributed by atoms with van der Waals surface area (Å²) in [5.41, 5.74) is 16.4. The topological polar surface area (TPSA) is 6.48 Å². The molecule has 0 aliphatic heterocycles. The fraction of sp³-hybridized carbons (Fsp3) is 0.0312. The third kappa shape index (κ3) is 10.3. The molecule has 9 rings (SSSR count). The summed E-state index contributed by atoms with van der Waals surface area (Å²) >= 11 is 0. The molecule has 9 aromatic rings. The molecule has 2 heteroatoms. The maximum atomic E-state index is 4.19. The van der Waals surface area contributed by atoms with E-state index >= 15 is 0 Å². The van der Waals surface area contributed by atoms with Crippen LogP contribution < -0.4 is 20.2 Å². The molecule has 0 aliphatic carbocycles. The van der Waals surface area contributed by atoms with Gasteiger partial charge >= 0.3 is 0 Å². The van der Waals surface area contributed by atoms with Gasteiger partial charge in [-0.3, -0.25) is 0 Å². The van der Waals surface area contributed by atoms with E-state index in [1.165, 1.54) is 44.5 Å². The van der Waals surface area contributed by atoms with Gasteiger partial charge in [-0.15, -0.1) is 0 Å². The minimum Gasteiger partial charge on any atom is -0.338 e. The first kappa shape index (κ1) is 42.8. The Morgan fingerprint density at radius 1 is 0.394 bits per heavy atom. The zero-order valence-corrected chi connectivity index (χ0v) is 37.3. The lowest BCUT2D eigenvalue weighted by atomic mass is 9.94. The molecule has 0 N–H and O–H groups in total. The van der Waals surface area contributed by atoms with Gasteiger partial charge in [-0.25, -0.2) is 0 Å². The van der Waals surface area contributed by atoms with Gasteiger partial charge in [0.05, 0.1) is 0 Å². The first-order valence-electron chi connectivity index (χ1n) is 22.6. The normalized spacial score (nSPS) is 11.7. The summed E-state index contributed by atoms with van der Waals surface area (Å²) < 4.78 is 0. The Morgan fingerprint density at radius 3 is 1.36 bits per heavy atom. The Hall–Kier alpha value is -8.46. The zero-order chi connectivity index (χ0) is 44.9. The summed E-state index contributed by atoms with van der Waals surface area (Å²) in [6.07, 6.45) is 15.0. The molecule has 9 aromatic carbocycles. The molecule has 0 atom stereocenters. The average molecular weight is 849 g/mol. The van der Waals surface area contributed by atoms with Crippen molar-refractivity contribution in [3.8, 4) is 44.5 Å². The van der Waals surface area contributed by atoms with Crippen LogP contribution in [0.5, 0.6) is 0 Å². The maximum Gasteiger partial charge on any atom is 0.0455 e. The van der Waals surface area contributed by atoms with Crippen LogP contribution in [0.1, 0.15) is 11.1 Å². The molecule has 0 heterocycles. The average Bonchev–Trinajstić information content (AvgIpc) is 3.38. The molecule has 0 radical (unpaired) electrons. The fourth-order valence-corrected chi connectivity index (χ4v) is 8.30. The molecule has 0 bridgehead atoms. The number of aryl methyl sites for hydroxylation is 1. The second kappa shape index (κ2) is 20.8. The van der Waals surface area contributed by atoms with Crippen LogP contribution >= 0.6 is 0 Å².